The van der Waals surface area contributed by atoms with Crippen LogP contribution < -0.4 is 10.1 Å². The van der Waals surface area contributed by atoms with Crippen molar-refractivity contribution in [2.24, 2.45) is 0 Å². The van der Waals surface area contributed by atoms with Gasteiger partial charge in [-0.05, 0) is 41.0 Å². The number of amides is 1. The summed E-state index contributed by atoms with van der Waals surface area (Å²) in [5, 5.41) is 2.64. The van der Waals surface area contributed by atoms with Crippen molar-refractivity contribution in [1.29, 1.82) is 0 Å². The summed E-state index contributed by atoms with van der Waals surface area (Å²) in [6, 6.07) is 13.4. The van der Waals surface area contributed by atoms with Crippen molar-refractivity contribution >= 4 is 15.9 Å². The molecule has 0 aliphatic carbocycles. The van der Waals surface area contributed by atoms with Crippen molar-refractivity contribution in [2.45, 2.75) is 6.42 Å². The molecule has 2 aromatic rings. The predicted octanol–water partition coefficient (Wildman–Crippen LogP) is 1.91. The van der Waals surface area contributed by atoms with E-state index in [-0.39, 0.29) is 18.2 Å². The van der Waals surface area contributed by atoms with E-state index < -0.39 is 10.0 Å². The number of ether oxygens (including phenoxy) is 1. The minimum absolute atomic E-state index is 0.0753. The van der Waals surface area contributed by atoms with Crippen molar-refractivity contribution in [3.05, 3.63) is 53.6 Å². The molecule has 0 aromatic heterocycles. The number of benzene rings is 2. The summed E-state index contributed by atoms with van der Waals surface area (Å²) in [5.74, 6) is 0.534. The highest BCUT2D eigenvalue weighted by atomic mass is 32.2. The second-order valence-electron chi connectivity index (χ2n) is 6.35. The third kappa shape index (κ3) is 4.05. The van der Waals surface area contributed by atoms with Gasteiger partial charge in [-0.25, -0.2) is 12.7 Å². The molecule has 0 spiro atoms. The maximum Gasteiger partial charge on any atom is 0.251 e. The van der Waals surface area contributed by atoms with Crippen LogP contribution in [0.3, 0.4) is 0 Å². The summed E-state index contributed by atoms with van der Waals surface area (Å²) >= 11 is 0. The van der Waals surface area contributed by atoms with E-state index >= 15 is 0 Å². The van der Waals surface area contributed by atoms with Gasteiger partial charge in [0.2, 0.25) is 10.0 Å². The van der Waals surface area contributed by atoms with Crippen molar-refractivity contribution in [2.75, 3.05) is 33.0 Å². The Balaban J connectivity index is 1.63. The number of fused-ring (bicyclic) bond motifs is 1. The van der Waals surface area contributed by atoms with Crippen molar-refractivity contribution < 1.29 is 17.9 Å². The number of carbonyl (C=O) groups is 1. The van der Waals surface area contributed by atoms with Gasteiger partial charge in [0.05, 0.1) is 12.4 Å². The molecule has 1 aliphatic heterocycles. The van der Waals surface area contributed by atoms with Gasteiger partial charge in [-0.1, -0.05) is 18.2 Å². The van der Waals surface area contributed by atoms with Crippen LogP contribution in [0.4, 0.5) is 0 Å². The van der Waals surface area contributed by atoms with E-state index in [1.165, 1.54) is 19.7 Å². The average molecular weight is 374 g/mol. The van der Waals surface area contributed by atoms with Gasteiger partial charge in [0.25, 0.3) is 5.91 Å². The topological polar surface area (TPSA) is 75.7 Å². The number of nitrogens with zero attached hydrogens (tertiary/aromatic N) is 1. The summed E-state index contributed by atoms with van der Waals surface area (Å²) in [5.41, 5.74) is 3.80. The Morgan fingerprint density at radius 2 is 1.81 bits per heavy atom. The molecule has 3 rings (SSSR count). The van der Waals surface area contributed by atoms with Crippen LogP contribution >= 0.6 is 0 Å². The summed E-state index contributed by atoms with van der Waals surface area (Å²) in [4.78, 5) is 12.2. The molecule has 0 saturated carbocycles. The molecule has 1 aliphatic rings. The van der Waals surface area contributed by atoms with Gasteiger partial charge in [-0.2, -0.15) is 0 Å². The molecule has 0 radical (unpaired) electrons. The lowest BCUT2D eigenvalue weighted by Crippen LogP contribution is -2.33. The average Bonchev–Trinajstić information content (AvgIpc) is 3.09. The molecule has 138 valence electrons. The number of hydrogen-bond donors (Lipinski definition) is 1. The maximum absolute atomic E-state index is 12.2. The molecule has 1 N–H and O–H groups in total. The molecule has 1 amide bonds. The van der Waals surface area contributed by atoms with Gasteiger partial charge in [0, 0.05) is 32.6 Å². The molecule has 0 unspecified atom stereocenters. The molecule has 1 heterocycles. The molecule has 0 fully saturated rings. The lowest BCUT2D eigenvalue weighted by atomic mass is 10.0. The first-order chi connectivity index (χ1) is 12.4. The maximum atomic E-state index is 12.2. The lowest BCUT2D eigenvalue weighted by molar-refractivity contribution is 0.0956. The molecule has 7 heteroatoms. The minimum atomic E-state index is -3.32. The van der Waals surface area contributed by atoms with Crippen LogP contribution in [0.25, 0.3) is 11.1 Å². The van der Waals surface area contributed by atoms with Crippen LogP contribution in [0.2, 0.25) is 0 Å². The highest BCUT2D eigenvalue weighted by molar-refractivity contribution is 7.89. The zero-order valence-electron chi connectivity index (χ0n) is 14.9. The van der Waals surface area contributed by atoms with Crippen molar-refractivity contribution in [3.8, 4) is 16.9 Å². The van der Waals surface area contributed by atoms with Crippen LogP contribution in [-0.2, 0) is 16.4 Å². The molecular weight excluding hydrogens is 352 g/mol. The molecule has 0 atom stereocenters. The predicted molar refractivity (Wildman–Crippen MR) is 101 cm³/mol. The summed E-state index contributed by atoms with van der Waals surface area (Å²) in [7, 11) is -0.369. The van der Waals surface area contributed by atoms with Gasteiger partial charge in [0.1, 0.15) is 5.75 Å². The van der Waals surface area contributed by atoms with Crippen molar-refractivity contribution in [1.82, 2.24) is 9.62 Å². The first-order valence-electron chi connectivity index (χ1n) is 8.41. The van der Waals surface area contributed by atoms with Gasteiger partial charge in [0.15, 0.2) is 0 Å². The Labute approximate surface area is 153 Å². The van der Waals surface area contributed by atoms with Gasteiger partial charge < -0.3 is 10.1 Å². The molecular formula is C19H22N2O4S. The van der Waals surface area contributed by atoms with E-state index in [1.54, 1.807) is 12.1 Å². The smallest absolute Gasteiger partial charge is 0.251 e. The van der Waals surface area contributed by atoms with E-state index in [2.05, 4.69) is 11.4 Å². The SMILES string of the molecule is CN(C)S(=O)(=O)CCNC(=O)c1ccc(-c2ccc3c(c2)CCO3)cc1. The number of nitrogens with one attached hydrogen (secondary N) is 1. The van der Waals surface area contributed by atoms with Crippen molar-refractivity contribution in [3.63, 3.8) is 0 Å². The third-order valence-corrected chi connectivity index (χ3v) is 6.20. The summed E-state index contributed by atoms with van der Waals surface area (Å²) < 4.78 is 30.1. The number of rotatable bonds is 6. The van der Waals surface area contributed by atoms with Crippen LogP contribution in [0, 0.1) is 0 Å². The van der Waals surface area contributed by atoms with E-state index in [0.717, 1.165) is 34.2 Å². The summed E-state index contributed by atoms with van der Waals surface area (Å²) in [6.45, 7) is 0.799. The quantitative estimate of drug-likeness (QED) is 0.838. The van der Waals surface area contributed by atoms with E-state index in [1.807, 2.05) is 24.3 Å². The van der Waals surface area contributed by atoms with Gasteiger partial charge >= 0.3 is 0 Å². The molecule has 0 bridgehead atoms. The number of sulfonamides is 1. The Kier molecular flexibility index (Phi) is 5.29. The number of carbonyl (C=O) groups excluding carboxylic acids is 1. The Morgan fingerprint density at radius 3 is 2.50 bits per heavy atom. The van der Waals surface area contributed by atoms with E-state index in [4.69, 9.17) is 4.74 Å². The first-order valence-corrected chi connectivity index (χ1v) is 10.0. The first kappa shape index (κ1) is 18.4. The molecule has 6 nitrogen and oxygen atoms in total. The van der Waals surface area contributed by atoms with Crippen LogP contribution in [0.15, 0.2) is 42.5 Å². The van der Waals surface area contributed by atoms with E-state index in [9.17, 15) is 13.2 Å². The second-order valence-corrected chi connectivity index (χ2v) is 8.65. The van der Waals surface area contributed by atoms with Gasteiger partial charge in [-0.3, -0.25) is 4.79 Å². The zero-order valence-corrected chi connectivity index (χ0v) is 15.7. The highest BCUT2D eigenvalue weighted by Crippen LogP contribution is 2.30. The standard InChI is InChI=1S/C19H22N2O4S/c1-21(2)26(23,24)12-10-20-19(22)15-5-3-14(4-6-15)16-7-8-18-17(13-16)9-11-25-18/h3-8,13H,9-12H2,1-2H3,(H,20,22). The molecule has 2 aromatic carbocycles. The molecule has 26 heavy (non-hydrogen) atoms. The highest BCUT2D eigenvalue weighted by Gasteiger charge is 2.15. The van der Waals surface area contributed by atoms with Crippen LogP contribution in [-0.4, -0.2) is 51.6 Å². The van der Waals surface area contributed by atoms with Crippen LogP contribution in [0.1, 0.15) is 15.9 Å². The number of hydrogen-bond acceptors (Lipinski definition) is 4. The molecule has 0 saturated heterocycles. The lowest BCUT2D eigenvalue weighted by Gasteiger charge is -2.11. The fourth-order valence-corrected chi connectivity index (χ4v) is 3.48. The van der Waals surface area contributed by atoms with Crippen LogP contribution in [0.5, 0.6) is 5.75 Å². The van der Waals surface area contributed by atoms with E-state index in [0.29, 0.717) is 5.56 Å². The monoisotopic (exact) mass is 374 g/mol. The Bertz CT molecular complexity index is 906. The zero-order chi connectivity index (χ0) is 18.7. The largest absolute Gasteiger partial charge is 0.493 e. The normalized spacial score (nSPS) is 13.3. The Hall–Kier alpha value is -2.38. The Morgan fingerprint density at radius 1 is 1.12 bits per heavy atom. The fourth-order valence-electron chi connectivity index (χ4n) is 2.76. The second kappa shape index (κ2) is 7.47. The minimum Gasteiger partial charge on any atom is -0.493 e. The third-order valence-electron chi connectivity index (χ3n) is 4.37. The fraction of sp³-hybridized carbons (Fsp3) is 0.316. The summed E-state index contributed by atoms with van der Waals surface area (Å²) in [6.07, 6.45) is 0.916. The van der Waals surface area contributed by atoms with Gasteiger partial charge in [-0.15, -0.1) is 0 Å².